The molecule has 0 amide bonds. The van der Waals surface area contributed by atoms with E-state index in [1.54, 1.807) is 37.4 Å². The first-order chi connectivity index (χ1) is 13.6. The van der Waals surface area contributed by atoms with E-state index in [0.717, 1.165) is 21.8 Å². The van der Waals surface area contributed by atoms with Gasteiger partial charge in [0.2, 0.25) is 5.88 Å². The molecule has 0 saturated carbocycles. The number of hydrogen-bond acceptors (Lipinski definition) is 5. The smallest absolute Gasteiger partial charge is 0.457 e. The maximum atomic E-state index is 11.7. The van der Waals surface area contributed by atoms with Gasteiger partial charge in [-0.2, -0.15) is 0 Å². The summed E-state index contributed by atoms with van der Waals surface area (Å²) in [4.78, 5) is 19.3. The summed E-state index contributed by atoms with van der Waals surface area (Å²) in [7, 11) is 0. The van der Waals surface area contributed by atoms with E-state index >= 15 is 0 Å². The minimum absolute atomic E-state index is 0.202. The van der Waals surface area contributed by atoms with E-state index in [0.29, 0.717) is 22.1 Å². The van der Waals surface area contributed by atoms with Crippen molar-refractivity contribution < 1.29 is 19.0 Å². The van der Waals surface area contributed by atoms with Crippen LogP contribution in [0.2, 0.25) is 5.02 Å². The number of nitrogens with one attached hydrogen (secondary N) is 1. The van der Waals surface area contributed by atoms with Gasteiger partial charge in [0.1, 0.15) is 11.5 Å². The molecule has 2 heterocycles. The van der Waals surface area contributed by atoms with Gasteiger partial charge in [0.25, 0.3) is 0 Å². The average Bonchev–Trinajstić information content (AvgIpc) is 3.06. The van der Waals surface area contributed by atoms with Gasteiger partial charge >= 0.3 is 6.16 Å². The lowest BCUT2D eigenvalue weighted by Gasteiger charge is -2.09. The second kappa shape index (κ2) is 7.40. The summed E-state index contributed by atoms with van der Waals surface area (Å²) < 4.78 is 16.2. The van der Waals surface area contributed by atoms with E-state index in [4.69, 9.17) is 25.8 Å². The van der Waals surface area contributed by atoms with Gasteiger partial charge in [-0.3, -0.25) is 0 Å². The second-order valence-electron chi connectivity index (χ2n) is 6.12. The van der Waals surface area contributed by atoms with Gasteiger partial charge in [-0.1, -0.05) is 17.7 Å². The third kappa shape index (κ3) is 3.34. The fraction of sp³-hybridized carbons (Fsp3) is 0.143. The number of rotatable bonds is 4. The van der Waals surface area contributed by atoms with Gasteiger partial charge in [-0.05, 0) is 50.2 Å². The highest BCUT2D eigenvalue weighted by Gasteiger charge is 2.18. The zero-order chi connectivity index (χ0) is 19.7. The number of H-pyrrole nitrogens is 1. The first-order valence-corrected chi connectivity index (χ1v) is 9.12. The molecule has 2 aromatic heterocycles. The number of halogens is 1. The summed E-state index contributed by atoms with van der Waals surface area (Å²) in [6.45, 7) is 3.79. The highest BCUT2D eigenvalue weighted by atomic mass is 35.5. The monoisotopic (exact) mass is 396 g/mol. The zero-order valence-corrected chi connectivity index (χ0v) is 16.0. The van der Waals surface area contributed by atoms with Crippen LogP contribution in [0.1, 0.15) is 12.5 Å². The molecule has 6 nitrogen and oxygen atoms in total. The van der Waals surface area contributed by atoms with Crippen LogP contribution in [0.15, 0.2) is 48.7 Å². The van der Waals surface area contributed by atoms with E-state index in [1.807, 2.05) is 25.1 Å². The molecule has 0 unspecified atom stereocenters. The number of pyridine rings is 1. The normalized spacial score (nSPS) is 11.0. The number of aromatic nitrogens is 2. The minimum atomic E-state index is -0.782. The largest absolute Gasteiger partial charge is 0.515 e. The van der Waals surface area contributed by atoms with Crippen molar-refractivity contribution in [2.24, 2.45) is 0 Å². The number of aryl methyl sites for hydroxylation is 1. The Morgan fingerprint density at radius 2 is 1.89 bits per heavy atom. The van der Waals surface area contributed by atoms with Gasteiger partial charge in [-0.15, -0.1) is 0 Å². The topological polar surface area (TPSA) is 73.4 Å². The van der Waals surface area contributed by atoms with Crippen molar-refractivity contribution in [3.63, 3.8) is 0 Å². The Labute approximate surface area is 166 Å². The number of carbonyl (C=O) groups is 1. The van der Waals surface area contributed by atoms with Gasteiger partial charge < -0.3 is 19.2 Å². The van der Waals surface area contributed by atoms with Crippen LogP contribution in [0.4, 0.5) is 4.79 Å². The molecule has 0 saturated heterocycles. The Morgan fingerprint density at radius 1 is 1.11 bits per heavy atom. The molecule has 0 fully saturated rings. The average molecular weight is 397 g/mol. The molecule has 7 heteroatoms. The molecular weight excluding hydrogens is 380 g/mol. The number of ether oxygens (including phenoxy) is 3. The first-order valence-electron chi connectivity index (χ1n) is 8.75. The van der Waals surface area contributed by atoms with Crippen LogP contribution in [0.3, 0.4) is 0 Å². The van der Waals surface area contributed by atoms with Crippen LogP contribution in [0, 0.1) is 6.92 Å². The van der Waals surface area contributed by atoms with E-state index in [9.17, 15) is 4.79 Å². The third-order valence-electron chi connectivity index (χ3n) is 4.31. The summed E-state index contributed by atoms with van der Waals surface area (Å²) in [5.74, 6) is 1.54. The van der Waals surface area contributed by atoms with Crippen molar-refractivity contribution in [2.75, 3.05) is 6.61 Å². The molecule has 0 aliphatic rings. The number of fused-ring (bicyclic) bond motifs is 3. The van der Waals surface area contributed by atoms with E-state index in [1.165, 1.54) is 0 Å². The quantitative estimate of drug-likeness (QED) is 0.428. The molecule has 28 heavy (non-hydrogen) atoms. The summed E-state index contributed by atoms with van der Waals surface area (Å²) >= 11 is 5.95. The molecule has 142 valence electrons. The van der Waals surface area contributed by atoms with Gasteiger partial charge in [0.15, 0.2) is 0 Å². The lowest BCUT2D eigenvalue weighted by Crippen LogP contribution is -2.11. The van der Waals surface area contributed by atoms with E-state index < -0.39 is 6.16 Å². The van der Waals surface area contributed by atoms with Crippen LogP contribution < -0.4 is 9.47 Å². The predicted octanol–water partition coefficient (Wildman–Crippen LogP) is 6.01. The third-order valence-corrected chi connectivity index (χ3v) is 4.56. The maximum Gasteiger partial charge on any atom is 0.515 e. The molecule has 0 aliphatic carbocycles. The van der Waals surface area contributed by atoms with E-state index in [2.05, 4.69) is 9.97 Å². The first kappa shape index (κ1) is 18.1. The lowest BCUT2D eigenvalue weighted by atomic mass is 10.1. The van der Waals surface area contributed by atoms with Crippen molar-refractivity contribution >= 4 is 39.6 Å². The van der Waals surface area contributed by atoms with Crippen molar-refractivity contribution in [2.45, 2.75) is 13.8 Å². The van der Waals surface area contributed by atoms with Gasteiger partial charge in [0, 0.05) is 16.0 Å². The SMILES string of the molecule is CCOC(=O)Oc1ncc2[nH]c3cccc(Oc4ccc(Cl)cc4)c3c2c1C. The Kier molecular flexibility index (Phi) is 4.79. The second-order valence-corrected chi connectivity index (χ2v) is 6.56. The Morgan fingerprint density at radius 3 is 2.64 bits per heavy atom. The number of benzene rings is 2. The summed E-state index contributed by atoms with van der Waals surface area (Å²) in [5.41, 5.74) is 2.42. The molecule has 1 N–H and O–H groups in total. The van der Waals surface area contributed by atoms with E-state index in [-0.39, 0.29) is 12.5 Å². The highest BCUT2D eigenvalue weighted by molar-refractivity contribution is 6.30. The van der Waals surface area contributed by atoms with Crippen LogP contribution in [0.25, 0.3) is 21.8 Å². The van der Waals surface area contributed by atoms with Gasteiger partial charge in [0.05, 0.1) is 29.2 Å². The van der Waals surface area contributed by atoms with Crippen molar-refractivity contribution in [1.29, 1.82) is 0 Å². The van der Waals surface area contributed by atoms with Crippen molar-refractivity contribution in [1.82, 2.24) is 9.97 Å². The fourth-order valence-corrected chi connectivity index (χ4v) is 3.22. The predicted molar refractivity (Wildman–Crippen MR) is 108 cm³/mol. The van der Waals surface area contributed by atoms with Crippen LogP contribution in [-0.4, -0.2) is 22.7 Å². The number of aromatic amines is 1. The van der Waals surface area contributed by atoms with Crippen molar-refractivity contribution in [3.05, 3.63) is 59.2 Å². The van der Waals surface area contributed by atoms with Crippen molar-refractivity contribution in [3.8, 4) is 17.4 Å². The molecule has 0 radical (unpaired) electrons. The Hall–Kier alpha value is -3.25. The number of hydrogen-bond donors (Lipinski definition) is 1. The zero-order valence-electron chi connectivity index (χ0n) is 15.3. The molecule has 4 rings (SSSR count). The number of carbonyl (C=O) groups excluding carboxylic acids is 1. The minimum Gasteiger partial charge on any atom is -0.457 e. The lowest BCUT2D eigenvalue weighted by molar-refractivity contribution is 0.102. The highest BCUT2D eigenvalue weighted by Crippen LogP contribution is 2.39. The summed E-state index contributed by atoms with van der Waals surface area (Å²) in [5, 5.41) is 2.38. The molecule has 2 aromatic carbocycles. The standard InChI is InChI=1S/C21H17ClN2O4/c1-3-26-21(25)28-20-12(2)18-16(11-23-20)24-15-5-4-6-17(19(15)18)27-14-9-7-13(22)8-10-14/h4-11,24H,3H2,1-2H3. The molecule has 0 spiro atoms. The maximum absolute atomic E-state index is 11.7. The Balaban J connectivity index is 1.83. The van der Waals surface area contributed by atoms with Gasteiger partial charge in [-0.25, -0.2) is 9.78 Å². The molecule has 4 aromatic rings. The summed E-state index contributed by atoms with van der Waals surface area (Å²) in [6.07, 6.45) is 0.845. The fourth-order valence-electron chi connectivity index (χ4n) is 3.09. The van der Waals surface area contributed by atoms with Crippen LogP contribution in [0.5, 0.6) is 17.4 Å². The molecule has 0 atom stereocenters. The summed E-state index contributed by atoms with van der Waals surface area (Å²) in [6, 6.07) is 12.9. The molecule has 0 aliphatic heterocycles. The number of nitrogens with zero attached hydrogens (tertiary/aromatic N) is 1. The Bertz CT molecular complexity index is 1170. The van der Waals surface area contributed by atoms with Crippen LogP contribution in [-0.2, 0) is 4.74 Å². The molecule has 0 bridgehead atoms. The molecular formula is C21H17ClN2O4. The van der Waals surface area contributed by atoms with Crippen LogP contribution >= 0.6 is 11.6 Å².